The molecule has 0 heterocycles. The third-order valence-corrected chi connectivity index (χ3v) is 3.48. The van der Waals surface area contributed by atoms with Gasteiger partial charge in [0, 0.05) is 5.56 Å². The van der Waals surface area contributed by atoms with Crippen molar-refractivity contribution in [3.05, 3.63) is 64.7 Å². The molecule has 2 aromatic rings. The topological polar surface area (TPSA) is 76.4 Å². The summed E-state index contributed by atoms with van der Waals surface area (Å²) >= 11 is 5.92. The summed E-state index contributed by atoms with van der Waals surface area (Å²) in [7, 11) is 0. The van der Waals surface area contributed by atoms with Crippen molar-refractivity contribution in [3.8, 4) is 11.8 Å². The highest BCUT2D eigenvalue weighted by Crippen LogP contribution is 2.16. The Hall–Kier alpha value is -2.84. The summed E-state index contributed by atoms with van der Waals surface area (Å²) < 4.78 is 10.4. The molecule has 1 atom stereocenters. The molecule has 0 unspecified atom stereocenters. The van der Waals surface area contributed by atoms with Gasteiger partial charge in [-0.05, 0) is 43.3 Å². The van der Waals surface area contributed by atoms with Crippen molar-refractivity contribution in [3.63, 3.8) is 0 Å². The van der Waals surface area contributed by atoms with E-state index in [9.17, 15) is 9.59 Å². The summed E-state index contributed by atoms with van der Waals surface area (Å²) in [5, 5.41) is 9.03. The number of ether oxygens (including phenoxy) is 2. The van der Waals surface area contributed by atoms with Gasteiger partial charge in [0.05, 0.1) is 16.7 Å². The van der Waals surface area contributed by atoms with Crippen molar-refractivity contribution < 1.29 is 19.1 Å². The van der Waals surface area contributed by atoms with Gasteiger partial charge in [0.25, 0.3) is 0 Å². The van der Waals surface area contributed by atoms with Gasteiger partial charge in [0.1, 0.15) is 5.75 Å². The summed E-state index contributed by atoms with van der Waals surface area (Å²) in [4.78, 5) is 23.9. The molecule has 0 aliphatic carbocycles. The minimum atomic E-state index is -0.892. The maximum atomic E-state index is 12.0. The Labute approximate surface area is 144 Å². The molecule has 6 heteroatoms. The monoisotopic (exact) mass is 343 g/mol. The second-order valence-electron chi connectivity index (χ2n) is 4.91. The van der Waals surface area contributed by atoms with Crippen molar-refractivity contribution in [2.45, 2.75) is 13.0 Å². The fourth-order valence-corrected chi connectivity index (χ4v) is 2.12. The van der Waals surface area contributed by atoms with E-state index in [1.807, 2.05) is 6.07 Å². The SMILES string of the molecule is C[C@@H](Oc1ccc(C#N)cc1)C(=O)OCC(=O)c1ccccc1Cl. The molecule has 5 nitrogen and oxygen atoms in total. The first-order chi connectivity index (χ1) is 11.5. The Morgan fingerprint density at radius 2 is 1.83 bits per heavy atom. The van der Waals surface area contributed by atoms with E-state index in [-0.39, 0.29) is 5.78 Å². The number of nitriles is 1. The van der Waals surface area contributed by atoms with Crippen LogP contribution in [0.4, 0.5) is 0 Å². The number of halogens is 1. The molecule has 0 aromatic heterocycles. The minimum Gasteiger partial charge on any atom is -0.479 e. The molecule has 0 saturated carbocycles. The fraction of sp³-hybridized carbons (Fsp3) is 0.167. The number of hydrogen-bond acceptors (Lipinski definition) is 5. The third kappa shape index (κ3) is 4.58. The first-order valence-corrected chi connectivity index (χ1v) is 7.50. The number of carbonyl (C=O) groups is 2. The quantitative estimate of drug-likeness (QED) is 0.593. The first-order valence-electron chi connectivity index (χ1n) is 7.12. The smallest absolute Gasteiger partial charge is 0.347 e. The highest BCUT2D eigenvalue weighted by molar-refractivity contribution is 6.34. The van der Waals surface area contributed by atoms with Gasteiger partial charge in [-0.3, -0.25) is 4.79 Å². The zero-order valence-corrected chi connectivity index (χ0v) is 13.6. The van der Waals surface area contributed by atoms with Gasteiger partial charge in [-0.15, -0.1) is 0 Å². The van der Waals surface area contributed by atoms with Crippen molar-refractivity contribution in [2.75, 3.05) is 6.61 Å². The predicted octanol–water partition coefficient (Wildman–Crippen LogP) is 3.41. The van der Waals surface area contributed by atoms with Crippen LogP contribution in [0.15, 0.2) is 48.5 Å². The van der Waals surface area contributed by atoms with Crippen molar-refractivity contribution >= 4 is 23.4 Å². The number of benzene rings is 2. The molecule has 122 valence electrons. The standard InChI is InChI=1S/C18H14ClNO4/c1-12(24-14-8-6-13(10-20)7-9-14)18(22)23-11-17(21)15-4-2-3-5-16(15)19/h2-9,12H,11H2,1H3/t12-/m1/s1. The van der Waals surface area contributed by atoms with Crippen LogP contribution >= 0.6 is 11.6 Å². The molecule has 0 aliphatic rings. The number of rotatable bonds is 6. The number of esters is 1. The Bertz CT molecular complexity index is 780. The molecule has 0 N–H and O–H groups in total. The minimum absolute atomic E-state index is 0.299. The largest absolute Gasteiger partial charge is 0.479 e. The van der Waals surface area contributed by atoms with E-state index in [1.165, 1.54) is 6.92 Å². The van der Waals surface area contributed by atoms with E-state index in [0.717, 1.165) is 0 Å². The highest BCUT2D eigenvalue weighted by Gasteiger charge is 2.19. The average Bonchev–Trinajstić information content (AvgIpc) is 2.60. The lowest BCUT2D eigenvalue weighted by Gasteiger charge is -2.14. The van der Waals surface area contributed by atoms with Gasteiger partial charge in [-0.1, -0.05) is 23.7 Å². The summed E-state index contributed by atoms with van der Waals surface area (Å²) in [5.74, 6) is -0.629. The van der Waals surface area contributed by atoms with Gasteiger partial charge in [0.2, 0.25) is 5.78 Å². The van der Waals surface area contributed by atoms with E-state index in [0.29, 0.717) is 21.9 Å². The van der Waals surface area contributed by atoms with Crippen LogP contribution in [0.3, 0.4) is 0 Å². The number of nitrogens with zero attached hydrogens (tertiary/aromatic N) is 1. The van der Waals surface area contributed by atoms with Gasteiger partial charge in [-0.25, -0.2) is 4.79 Å². The van der Waals surface area contributed by atoms with Crippen LogP contribution in [0, 0.1) is 11.3 Å². The Balaban J connectivity index is 1.88. The summed E-state index contributed by atoms with van der Waals surface area (Å²) in [6.45, 7) is 1.10. The normalized spacial score (nSPS) is 11.2. The fourth-order valence-electron chi connectivity index (χ4n) is 1.88. The van der Waals surface area contributed by atoms with Crippen molar-refractivity contribution in [1.29, 1.82) is 5.26 Å². The van der Waals surface area contributed by atoms with Crippen LogP contribution in [0.25, 0.3) is 0 Å². The van der Waals surface area contributed by atoms with Gasteiger partial charge >= 0.3 is 5.97 Å². The van der Waals surface area contributed by atoms with E-state index >= 15 is 0 Å². The van der Waals surface area contributed by atoms with E-state index in [2.05, 4.69) is 0 Å². The molecule has 0 spiro atoms. The number of ketones is 1. The van der Waals surface area contributed by atoms with Crippen molar-refractivity contribution in [2.24, 2.45) is 0 Å². The van der Waals surface area contributed by atoms with Gasteiger partial charge in [0.15, 0.2) is 12.7 Å². The molecular weight excluding hydrogens is 330 g/mol. The molecule has 24 heavy (non-hydrogen) atoms. The van der Waals surface area contributed by atoms with E-state index in [4.69, 9.17) is 26.3 Å². The van der Waals surface area contributed by atoms with E-state index in [1.54, 1.807) is 48.5 Å². The Morgan fingerprint density at radius 3 is 2.46 bits per heavy atom. The molecule has 2 aromatic carbocycles. The average molecular weight is 344 g/mol. The molecule has 0 fully saturated rings. The highest BCUT2D eigenvalue weighted by atomic mass is 35.5. The molecule has 0 amide bonds. The molecular formula is C18H14ClNO4. The van der Waals surface area contributed by atoms with Gasteiger partial charge < -0.3 is 9.47 Å². The van der Waals surface area contributed by atoms with Crippen LogP contribution in [0.5, 0.6) is 5.75 Å². The van der Waals surface area contributed by atoms with Crippen LogP contribution in [0.2, 0.25) is 5.02 Å². The maximum absolute atomic E-state index is 12.0. The third-order valence-electron chi connectivity index (χ3n) is 3.15. The zero-order chi connectivity index (χ0) is 17.5. The Morgan fingerprint density at radius 1 is 1.17 bits per heavy atom. The zero-order valence-electron chi connectivity index (χ0n) is 12.9. The summed E-state index contributed by atoms with van der Waals surface area (Å²) in [6, 6.07) is 14.8. The number of Topliss-reactive ketones (excluding diaryl/α,β-unsaturated/α-hetero) is 1. The van der Waals surface area contributed by atoms with E-state index < -0.39 is 18.7 Å². The van der Waals surface area contributed by atoms with Crippen LogP contribution in [0.1, 0.15) is 22.8 Å². The van der Waals surface area contributed by atoms with Crippen LogP contribution in [-0.4, -0.2) is 24.5 Å². The number of carbonyl (C=O) groups excluding carboxylic acids is 2. The van der Waals surface area contributed by atoms with Gasteiger partial charge in [-0.2, -0.15) is 5.26 Å². The second-order valence-corrected chi connectivity index (χ2v) is 5.31. The molecule has 0 bridgehead atoms. The molecule has 0 aliphatic heterocycles. The van der Waals surface area contributed by atoms with Crippen LogP contribution < -0.4 is 4.74 Å². The summed E-state index contributed by atoms with van der Waals surface area (Å²) in [6.07, 6.45) is -0.892. The van der Waals surface area contributed by atoms with Crippen LogP contribution in [-0.2, 0) is 9.53 Å². The summed E-state index contributed by atoms with van der Waals surface area (Å²) in [5.41, 5.74) is 0.788. The second kappa shape index (κ2) is 8.14. The maximum Gasteiger partial charge on any atom is 0.347 e. The molecule has 0 radical (unpaired) electrons. The Kier molecular flexibility index (Phi) is 5.94. The molecule has 0 saturated heterocycles. The van der Waals surface area contributed by atoms with Crippen molar-refractivity contribution in [1.82, 2.24) is 0 Å². The lowest BCUT2D eigenvalue weighted by molar-refractivity contribution is -0.149. The number of hydrogen-bond donors (Lipinski definition) is 0. The lowest BCUT2D eigenvalue weighted by Crippen LogP contribution is -2.28. The lowest BCUT2D eigenvalue weighted by atomic mass is 10.1. The first kappa shape index (κ1) is 17.5. The predicted molar refractivity (Wildman–Crippen MR) is 88.0 cm³/mol. The molecule has 2 rings (SSSR count).